The molecule has 27 heavy (non-hydrogen) atoms. The van der Waals surface area contributed by atoms with Crippen LogP contribution in [0.3, 0.4) is 0 Å². The van der Waals surface area contributed by atoms with E-state index in [0.717, 1.165) is 62.1 Å². The standard InChI is InChI=1S/C18H27N7OS/c1-12(2)16-23-22-15-4-3-14(11-25(15)16)21-17(26)20-13-5-8-24(9-6-13)18-19-7-10-27-18/h7,10,12-14H,3-6,8-9,11H2,1-2H3,(H2,20,21,26). The largest absolute Gasteiger partial charge is 0.348 e. The zero-order valence-corrected chi connectivity index (χ0v) is 16.7. The summed E-state index contributed by atoms with van der Waals surface area (Å²) < 4.78 is 2.17. The van der Waals surface area contributed by atoms with Gasteiger partial charge in [0.1, 0.15) is 11.6 Å². The van der Waals surface area contributed by atoms with E-state index in [1.165, 1.54) is 0 Å². The molecule has 0 radical (unpaired) electrons. The normalized spacial score (nSPS) is 20.6. The van der Waals surface area contributed by atoms with Crippen LogP contribution in [-0.4, -0.2) is 51.0 Å². The number of nitrogens with zero attached hydrogens (tertiary/aromatic N) is 5. The first-order chi connectivity index (χ1) is 13.1. The number of hydrogen-bond acceptors (Lipinski definition) is 6. The summed E-state index contributed by atoms with van der Waals surface area (Å²) in [7, 11) is 0. The van der Waals surface area contributed by atoms with Crippen LogP contribution >= 0.6 is 11.3 Å². The lowest BCUT2D eigenvalue weighted by Gasteiger charge is -2.33. The Balaban J connectivity index is 1.26. The maximum absolute atomic E-state index is 12.5. The number of fused-ring (bicyclic) bond motifs is 1. The Labute approximate surface area is 163 Å². The van der Waals surface area contributed by atoms with Crippen LogP contribution in [0.2, 0.25) is 0 Å². The monoisotopic (exact) mass is 389 g/mol. The van der Waals surface area contributed by atoms with Gasteiger partial charge in [-0.25, -0.2) is 9.78 Å². The first-order valence-electron chi connectivity index (χ1n) is 9.73. The number of aryl methyl sites for hydroxylation is 1. The minimum atomic E-state index is -0.0599. The molecule has 1 unspecified atom stereocenters. The SMILES string of the molecule is CC(C)c1nnc2n1CC(NC(=O)NC1CCN(c3nccs3)CC1)CC2. The molecule has 0 saturated carbocycles. The Morgan fingerprint density at radius 3 is 2.67 bits per heavy atom. The second-order valence-corrected chi connectivity index (χ2v) is 8.54. The minimum absolute atomic E-state index is 0.0599. The predicted octanol–water partition coefficient (Wildman–Crippen LogP) is 2.14. The lowest BCUT2D eigenvalue weighted by atomic mass is 10.1. The van der Waals surface area contributed by atoms with E-state index >= 15 is 0 Å². The third-order valence-corrected chi connectivity index (χ3v) is 6.18. The molecule has 0 aromatic carbocycles. The number of aromatic nitrogens is 4. The second kappa shape index (κ2) is 7.84. The molecule has 1 saturated heterocycles. The number of urea groups is 1. The molecule has 2 amide bonds. The summed E-state index contributed by atoms with van der Waals surface area (Å²) in [6.07, 6.45) is 5.51. The van der Waals surface area contributed by atoms with Gasteiger partial charge in [-0.05, 0) is 19.3 Å². The van der Waals surface area contributed by atoms with Gasteiger partial charge in [-0.1, -0.05) is 13.8 Å². The average molecular weight is 390 g/mol. The molecule has 9 heteroatoms. The summed E-state index contributed by atoms with van der Waals surface area (Å²) in [5.41, 5.74) is 0. The van der Waals surface area contributed by atoms with Crippen molar-refractivity contribution in [2.24, 2.45) is 0 Å². The summed E-state index contributed by atoms with van der Waals surface area (Å²) in [5, 5.41) is 18.0. The van der Waals surface area contributed by atoms with Crippen LogP contribution < -0.4 is 15.5 Å². The summed E-state index contributed by atoms with van der Waals surface area (Å²) in [5.74, 6) is 2.38. The fourth-order valence-corrected chi connectivity index (χ4v) is 4.59. The lowest BCUT2D eigenvalue weighted by molar-refractivity contribution is 0.226. The van der Waals surface area contributed by atoms with Crippen molar-refractivity contribution >= 4 is 22.5 Å². The van der Waals surface area contributed by atoms with Gasteiger partial charge in [-0.3, -0.25) is 0 Å². The maximum Gasteiger partial charge on any atom is 0.315 e. The van der Waals surface area contributed by atoms with Crippen LogP contribution in [0.5, 0.6) is 0 Å². The fraction of sp³-hybridized carbons (Fsp3) is 0.667. The Morgan fingerprint density at radius 2 is 1.96 bits per heavy atom. The summed E-state index contributed by atoms with van der Waals surface area (Å²) >= 11 is 1.67. The molecule has 1 atom stereocenters. The molecule has 146 valence electrons. The van der Waals surface area contributed by atoms with Crippen LogP contribution in [0.4, 0.5) is 9.93 Å². The quantitative estimate of drug-likeness (QED) is 0.836. The van der Waals surface area contributed by atoms with Gasteiger partial charge in [0, 0.05) is 55.6 Å². The molecular formula is C18H27N7OS. The number of thiazole rings is 1. The molecule has 2 aromatic rings. The van der Waals surface area contributed by atoms with Crippen LogP contribution in [0, 0.1) is 0 Å². The number of carbonyl (C=O) groups excluding carboxylic acids is 1. The molecule has 2 aliphatic rings. The van der Waals surface area contributed by atoms with E-state index in [2.05, 4.69) is 49.1 Å². The van der Waals surface area contributed by atoms with Crippen molar-refractivity contribution < 1.29 is 4.79 Å². The van der Waals surface area contributed by atoms with Gasteiger partial charge < -0.3 is 20.1 Å². The van der Waals surface area contributed by atoms with E-state index < -0.39 is 0 Å². The van der Waals surface area contributed by atoms with Crippen molar-refractivity contribution in [2.75, 3.05) is 18.0 Å². The third kappa shape index (κ3) is 4.07. The summed E-state index contributed by atoms with van der Waals surface area (Å²) in [4.78, 5) is 19.1. The van der Waals surface area contributed by atoms with Crippen LogP contribution in [-0.2, 0) is 13.0 Å². The minimum Gasteiger partial charge on any atom is -0.348 e. The number of hydrogen-bond donors (Lipinski definition) is 2. The van der Waals surface area contributed by atoms with E-state index in [1.54, 1.807) is 11.3 Å². The van der Waals surface area contributed by atoms with Gasteiger partial charge in [0.25, 0.3) is 0 Å². The zero-order chi connectivity index (χ0) is 18.8. The maximum atomic E-state index is 12.5. The van der Waals surface area contributed by atoms with Gasteiger partial charge in [0.15, 0.2) is 5.13 Å². The number of piperidine rings is 1. The summed E-state index contributed by atoms with van der Waals surface area (Å²) in [6, 6.07) is 0.290. The first kappa shape index (κ1) is 18.2. The number of anilines is 1. The Morgan fingerprint density at radius 1 is 1.19 bits per heavy atom. The molecule has 8 nitrogen and oxygen atoms in total. The molecule has 2 aliphatic heterocycles. The molecule has 0 bridgehead atoms. The highest BCUT2D eigenvalue weighted by atomic mass is 32.1. The van der Waals surface area contributed by atoms with Crippen molar-refractivity contribution in [3.8, 4) is 0 Å². The Bertz CT molecular complexity index is 765. The molecule has 4 heterocycles. The molecule has 1 fully saturated rings. The highest BCUT2D eigenvalue weighted by Gasteiger charge is 2.26. The predicted molar refractivity (Wildman–Crippen MR) is 105 cm³/mol. The molecular weight excluding hydrogens is 362 g/mol. The summed E-state index contributed by atoms with van der Waals surface area (Å²) in [6.45, 7) is 6.87. The molecule has 4 rings (SSSR count). The molecule has 0 aliphatic carbocycles. The van der Waals surface area contributed by atoms with Crippen molar-refractivity contribution in [1.82, 2.24) is 30.4 Å². The third-order valence-electron chi connectivity index (χ3n) is 5.35. The fourth-order valence-electron chi connectivity index (χ4n) is 3.89. The van der Waals surface area contributed by atoms with Crippen LogP contribution in [0.25, 0.3) is 0 Å². The molecule has 0 spiro atoms. The van der Waals surface area contributed by atoms with Crippen LogP contribution in [0.15, 0.2) is 11.6 Å². The van der Waals surface area contributed by atoms with Crippen molar-refractivity contribution in [1.29, 1.82) is 0 Å². The van der Waals surface area contributed by atoms with Crippen molar-refractivity contribution in [3.05, 3.63) is 23.2 Å². The highest BCUT2D eigenvalue weighted by molar-refractivity contribution is 7.13. The van der Waals surface area contributed by atoms with Gasteiger partial charge >= 0.3 is 6.03 Å². The van der Waals surface area contributed by atoms with E-state index in [9.17, 15) is 4.79 Å². The number of amides is 2. The van der Waals surface area contributed by atoms with E-state index in [4.69, 9.17) is 0 Å². The highest BCUT2D eigenvalue weighted by Crippen LogP contribution is 2.22. The lowest BCUT2D eigenvalue weighted by Crippen LogP contribution is -2.51. The van der Waals surface area contributed by atoms with Gasteiger partial charge in [-0.2, -0.15) is 0 Å². The number of rotatable bonds is 4. The van der Waals surface area contributed by atoms with Crippen molar-refractivity contribution in [3.63, 3.8) is 0 Å². The average Bonchev–Trinajstić information content (AvgIpc) is 3.32. The Hall–Kier alpha value is -2.16. The second-order valence-electron chi connectivity index (χ2n) is 7.67. The Kier molecular flexibility index (Phi) is 5.29. The number of nitrogens with one attached hydrogen (secondary N) is 2. The van der Waals surface area contributed by atoms with Gasteiger partial charge in [0.2, 0.25) is 0 Å². The van der Waals surface area contributed by atoms with E-state index in [0.29, 0.717) is 5.92 Å². The van der Waals surface area contributed by atoms with Crippen LogP contribution in [0.1, 0.15) is 50.7 Å². The molecule has 2 aromatic heterocycles. The molecule has 2 N–H and O–H groups in total. The van der Waals surface area contributed by atoms with Gasteiger partial charge in [-0.15, -0.1) is 21.5 Å². The van der Waals surface area contributed by atoms with Crippen molar-refractivity contribution in [2.45, 2.75) is 64.1 Å². The van der Waals surface area contributed by atoms with E-state index in [1.807, 2.05) is 11.6 Å². The smallest absolute Gasteiger partial charge is 0.315 e. The topological polar surface area (TPSA) is 88.0 Å². The first-order valence-corrected chi connectivity index (χ1v) is 10.6. The van der Waals surface area contributed by atoms with E-state index in [-0.39, 0.29) is 18.1 Å². The zero-order valence-electron chi connectivity index (χ0n) is 15.9. The van der Waals surface area contributed by atoms with Gasteiger partial charge in [0.05, 0.1) is 0 Å². The number of carbonyl (C=O) groups is 1.